The van der Waals surface area contributed by atoms with Crippen molar-refractivity contribution in [1.82, 2.24) is 14.7 Å². The molecule has 158 valence electrons. The molecule has 3 aromatic rings. The molecule has 11 heteroatoms. The van der Waals surface area contributed by atoms with Gasteiger partial charge in [-0.25, -0.2) is 14.6 Å². The average Bonchev–Trinajstić information content (AvgIpc) is 3.21. The van der Waals surface area contributed by atoms with E-state index in [0.717, 1.165) is 22.8 Å². The minimum Gasteiger partial charge on any atom is -0.486 e. The Morgan fingerprint density at radius 3 is 2.60 bits per heavy atom. The fourth-order valence-electron chi connectivity index (χ4n) is 2.68. The molecule has 10 nitrogen and oxygen atoms in total. The number of ether oxygens (including phenoxy) is 2. The van der Waals surface area contributed by atoms with E-state index in [1.165, 1.54) is 11.3 Å². The smallest absolute Gasteiger partial charge is 0.414 e. The summed E-state index contributed by atoms with van der Waals surface area (Å²) in [6.07, 6.45) is 1.74. The van der Waals surface area contributed by atoms with Crippen LogP contribution in [0.4, 0.5) is 0 Å². The van der Waals surface area contributed by atoms with Crippen LogP contribution in [0.1, 0.15) is 24.2 Å². The van der Waals surface area contributed by atoms with Gasteiger partial charge in [0.2, 0.25) is 0 Å². The van der Waals surface area contributed by atoms with Crippen molar-refractivity contribution in [2.45, 2.75) is 19.5 Å². The lowest BCUT2D eigenvalue weighted by Crippen LogP contribution is -2.22. The van der Waals surface area contributed by atoms with Gasteiger partial charge in [0.15, 0.2) is 16.5 Å². The van der Waals surface area contributed by atoms with Gasteiger partial charge >= 0.3 is 11.9 Å². The van der Waals surface area contributed by atoms with Gasteiger partial charge in [0.1, 0.15) is 13.2 Å². The van der Waals surface area contributed by atoms with E-state index in [-0.39, 0.29) is 11.6 Å². The van der Waals surface area contributed by atoms with Gasteiger partial charge in [-0.15, -0.1) is 11.3 Å². The van der Waals surface area contributed by atoms with E-state index in [4.69, 9.17) is 29.3 Å². The molecule has 0 fully saturated rings. The van der Waals surface area contributed by atoms with Gasteiger partial charge in [0.25, 0.3) is 5.56 Å². The predicted octanol–water partition coefficient (Wildman–Crippen LogP) is 1.53. The summed E-state index contributed by atoms with van der Waals surface area (Å²) in [5.74, 6) is -2.08. The number of aliphatic carboxylic acids is 2. The molecule has 1 aliphatic heterocycles. The number of hydrogen-bond donors (Lipinski definition) is 3. The van der Waals surface area contributed by atoms with E-state index < -0.39 is 11.9 Å². The minimum atomic E-state index is -1.82. The Morgan fingerprint density at radius 1 is 1.20 bits per heavy atom. The lowest BCUT2D eigenvalue weighted by Gasteiger charge is -2.21. The van der Waals surface area contributed by atoms with Gasteiger partial charge in [-0.2, -0.15) is 0 Å². The Morgan fingerprint density at radius 2 is 1.90 bits per heavy atom. The second-order valence-corrected chi connectivity index (χ2v) is 7.13. The number of thiazole rings is 1. The van der Waals surface area contributed by atoms with E-state index in [2.05, 4.69) is 17.2 Å². The number of aromatic nitrogens is 2. The molecular weight excluding hydrogens is 414 g/mol. The van der Waals surface area contributed by atoms with Crippen LogP contribution in [-0.2, 0) is 16.1 Å². The summed E-state index contributed by atoms with van der Waals surface area (Å²) in [4.78, 5) is 35.4. The van der Waals surface area contributed by atoms with Crippen LogP contribution in [-0.4, -0.2) is 44.8 Å². The molecular formula is C19H19N3O7S. The first-order chi connectivity index (χ1) is 14.3. The van der Waals surface area contributed by atoms with Crippen molar-refractivity contribution in [1.29, 1.82) is 0 Å². The van der Waals surface area contributed by atoms with Crippen LogP contribution in [0.3, 0.4) is 0 Å². The number of rotatable bonds is 4. The van der Waals surface area contributed by atoms with Crippen molar-refractivity contribution in [3.05, 3.63) is 57.5 Å². The highest BCUT2D eigenvalue weighted by molar-refractivity contribution is 7.15. The Kier molecular flexibility index (Phi) is 6.65. The van der Waals surface area contributed by atoms with Crippen molar-refractivity contribution >= 4 is 28.2 Å². The molecule has 0 saturated carbocycles. The number of nitrogens with zero attached hydrogens (tertiary/aromatic N) is 2. The molecule has 1 aliphatic rings. The fraction of sp³-hybridized carbons (Fsp3) is 0.263. The second kappa shape index (κ2) is 9.37. The standard InChI is InChI=1S/C17H17N3O3S.C2H2O4/c1-11(12-2-3-14-15(8-12)23-6-5-22-14)18-10-13-9-16(21)20-4-7-24-17(20)19-13;3-1(4)2(5)6/h2-4,7-9,11,18H,5-6,10H2,1H3;(H,3,4)(H,5,6). The summed E-state index contributed by atoms with van der Waals surface area (Å²) >= 11 is 1.46. The summed E-state index contributed by atoms with van der Waals surface area (Å²) in [5.41, 5.74) is 1.80. The van der Waals surface area contributed by atoms with Gasteiger partial charge < -0.3 is 25.0 Å². The number of benzene rings is 1. The summed E-state index contributed by atoms with van der Waals surface area (Å²) < 4.78 is 12.7. The van der Waals surface area contributed by atoms with Crippen molar-refractivity contribution in [3.63, 3.8) is 0 Å². The van der Waals surface area contributed by atoms with Crippen molar-refractivity contribution in [2.24, 2.45) is 0 Å². The average molecular weight is 433 g/mol. The Bertz CT molecular complexity index is 1110. The summed E-state index contributed by atoms with van der Waals surface area (Å²) in [5, 5.41) is 20.0. The monoisotopic (exact) mass is 433 g/mol. The molecule has 3 heterocycles. The third-order valence-corrected chi connectivity index (χ3v) is 4.95. The minimum absolute atomic E-state index is 0.0509. The molecule has 3 N–H and O–H groups in total. The van der Waals surface area contributed by atoms with Crippen LogP contribution in [0, 0.1) is 0 Å². The van der Waals surface area contributed by atoms with Crippen LogP contribution >= 0.6 is 11.3 Å². The summed E-state index contributed by atoms with van der Waals surface area (Å²) in [7, 11) is 0. The van der Waals surface area contributed by atoms with Gasteiger partial charge in [-0.1, -0.05) is 6.07 Å². The first-order valence-corrected chi connectivity index (χ1v) is 9.78. The van der Waals surface area contributed by atoms with Crippen molar-refractivity contribution in [2.75, 3.05) is 13.2 Å². The van der Waals surface area contributed by atoms with Crippen LogP contribution in [0.5, 0.6) is 11.5 Å². The number of hydrogen-bond acceptors (Lipinski definition) is 8. The van der Waals surface area contributed by atoms with E-state index in [1.807, 2.05) is 23.6 Å². The quantitative estimate of drug-likeness (QED) is 0.523. The maximum absolute atomic E-state index is 12.0. The zero-order chi connectivity index (χ0) is 21.7. The number of carboxylic acid groups (broad SMARTS) is 2. The molecule has 30 heavy (non-hydrogen) atoms. The molecule has 0 spiro atoms. The molecule has 0 saturated heterocycles. The number of fused-ring (bicyclic) bond motifs is 2. The molecule has 1 aromatic carbocycles. The Labute approximate surface area is 174 Å². The molecule has 0 bridgehead atoms. The molecule has 0 aliphatic carbocycles. The lowest BCUT2D eigenvalue weighted by molar-refractivity contribution is -0.159. The molecule has 0 radical (unpaired) electrons. The van der Waals surface area contributed by atoms with Crippen LogP contribution in [0.2, 0.25) is 0 Å². The van der Waals surface area contributed by atoms with Gasteiger partial charge in [0, 0.05) is 30.2 Å². The highest BCUT2D eigenvalue weighted by Gasteiger charge is 2.14. The molecule has 4 rings (SSSR count). The predicted molar refractivity (Wildman–Crippen MR) is 107 cm³/mol. The number of nitrogens with one attached hydrogen (secondary N) is 1. The SMILES string of the molecule is CC(NCc1cc(=O)n2ccsc2n1)c1ccc2c(c1)OCCO2.O=C(O)C(=O)O. The first-order valence-electron chi connectivity index (χ1n) is 8.90. The maximum Gasteiger partial charge on any atom is 0.414 e. The third-order valence-electron chi connectivity index (χ3n) is 4.19. The fourth-order valence-corrected chi connectivity index (χ4v) is 3.42. The highest BCUT2D eigenvalue weighted by Crippen LogP contribution is 2.32. The molecule has 2 aromatic heterocycles. The molecule has 1 atom stereocenters. The van der Waals surface area contributed by atoms with E-state index in [1.54, 1.807) is 16.7 Å². The van der Waals surface area contributed by atoms with Crippen LogP contribution in [0.15, 0.2) is 40.6 Å². The Balaban J connectivity index is 0.000000377. The van der Waals surface area contributed by atoms with E-state index >= 15 is 0 Å². The highest BCUT2D eigenvalue weighted by atomic mass is 32.1. The number of carboxylic acids is 2. The summed E-state index contributed by atoms with van der Waals surface area (Å²) in [6, 6.07) is 7.63. The normalized spacial score (nSPS) is 13.2. The topological polar surface area (TPSA) is 139 Å². The van der Waals surface area contributed by atoms with Crippen molar-refractivity contribution < 1.29 is 29.3 Å². The van der Waals surface area contributed by atoms with Crippen LogP contribution < -0.4 is 20.3 Å². The van der Waals surface area contributed by atoms with Gasteiger partial charge in [-0.3, -0.25) is 9.20 Å². The molecule has 0 amide bonds. The van der Waals surface area contributed by atoms with E-state index in [9.17, 15) is 4.79 Å². The summed E-state index contributed by atoms with van der Waals surface area (Å²) in [6.45, 7) is 3.76. The van der Waals surface area contributed by atoms with Gasteiger partial charge in [-0.05, 0) is 24.6 Å². The van der Waals surface area contributed by atoms with Gasteiger partial charge in [0.05, 0.1) is 5.69 Å². The Hall–Kier alpha value is -3.44. The third kappa shape index (κ3) is 5.13. The molecule has 1 unspecified atom stereocenters. The zero-order valence-corrected chi connectivity index (χ0v) is 16.7. The second-order valence-electron chi connectivity index (χ2n) is 6.26. The van der Waals surface area contributed by atoms with Crippen LogP contribution in [0.25, 0.3) is 4.96 Å². The number of carbonyl (C=O) groups is 2. The largest absolute Gasteiger partial charge is 0.486 e. The lowest BCUT2D eigenvalue weighted by atomic mass is 10.1. The van der Waals surface area contributed by atoms with E-state index in [0.29, 0.717) is 24.7 Å². The first kappa shape index (κ1) is 21.3. The zero-order valence-electron chi connectivity index (χ0n) is 15.9. The van der Waals surface area contributed by atoms with Crippen molar-refractivity contribution in [3.8, 4) is 11.5 Å². The maximum atomic E-state index is 12.0.